The molecule has 0 spiro atoms. The summed E-state index contributed by atoms with van der Waals surface area (Å²) in [6, 6.07) is 8.93. The molecule has 3 rings (SSSR count). The van der Waals surface area contributed by atoms with E-state index < -0.39 is 5.60 Å². The van der Waals surface area contributed by atoms with Gasteiger partial charge < -0.3 is 19.8 Å². The third kappa shape index (κ3) is 2.87. The summed E-state index contributed by atoms with van der Waals surface area (Å²) < 4.78 is 5.21. The maximum Gasteiger partial charge on any atom is 0.251 e. The van der Waals surface area contributed by atoms with E-state index in [4.69, 9.17) is 4.42 Å². The molecule has 0 bridgehead atoms. The number of hydrogen-bond acceptors (Lipinski definition) is 3. The van der Waals surface area contributed by atoms with Crippen molar-refractivity contribution in [3.63, 3.8) is 0 Å². The SMILES string of the molecule is Cc1[nH]c2ccc(C(=O)NCC(C)(O)c3ccco3)cc2c1C. The molecule has 0 aliphatic heterocycles. The zero-order valence-electron chi connectivity index (χ0n) is 13.4. The summed E-state index contributed by atoms with van der Waals surface area (Å²) >= 11 is 0. The van der Waals surface area contributed by atoms with Crippen LogP contribution in [0.15, 0.2) is 41.0 Å². The lowest BCUT2D eigenvalue weighted by molar-refractivity contribution is 0.0330. The van der Waals surface area contributed by atoms with E-state index in [-0.39, 0.29) is 12.5 Å². The molecule has 1 unspecified atom stereocenters. The minimum atomic E-state index is -1.25. The summed E-state index contributed by atoms with van der Waals surface area (Å²) in [4.78, 5) is 15.6. The number of aromatic amines is 1. The van der Waals surface area contributed by atoms with E-state index in [1.165, 1.54) is 6.26 Å². The predicted octanol–water partition coefficient (Wildman–Crippen LogP) is 3.02. The summed E-state index contributed by atoms with van der Waals surface area (Å²) in [7, 11) is 0. The zero-order valence-corrected chi connectivity index (χ0v) is 13.4. The van der Waals surface area contributed by atoms with Gasteiger partial charge in [0, 0.05) is 22.2 Å². The van der Waals surface area contributed by atoms with Crippen molar-refractivity contribution in [2.75, 3.05) is 6.54 Å². The van der Waals surface area contributed by atoms with Gasteiger partial charge in [-0.05, 0) is 56.7 Å². The molecule has 3 N–H and O–H groups in total. The molecule has 2 aromatic heterocycles. The van der Waals surface area contributed by atoms with Crippen LogP contribution in [0.25, 0.3) is 10.9 Å². The number of nitrogens with one attached hydrogen (secondary N) is 2. The van der Waals surface area contributed by atoms with Crippen LogP contribution in [-0.2, 0) is 5.60 Å². The second-order valence-corrected chi connectivity index (χ2v) is 6.07. The Morgan fingerprint density at radius 3 is 2.83 bits per heavy atom. The first-order chi connectivity index (χ1) is 10.9. The molecule has 1 amide bonds. The average Bonchev–Trinajstić information content (AvgIpc) is 3.15. The van der Waals surface area contributed by atoms with Crippen molar-refractivity contribution in [2.45, 2.75) is 26.4 Å². The Balaban J connectivity index is 1.77. The Bertz CT molecular complexity index is 845. The lowest BCUT2D eigenvalue weighted by atomic mass is 10.0. The van der Waals surface area contributed by atoms with Gasteiger partial charge in [-0.2, -0.15) is 0 Å². The monoisotopic (exact) mass is 312 g/mol. The Kier molecular flexibility index (Phi) is 3.74. The number of fused-ring (bicyclic) bond motifs is 1. The van der Waals surface area contributed by atoms with E-state index in [2.05, 4.69) is 10.3 Å². The molecule has 120 valence electrons. The largest absolute Gasteiger partial charge is 0.466 e. The standard InChI is InChI=1S/C18H20N2O3/c1-11-12(2)20-15-7-6-13(9-14(11)15)17(21)19-10-18(3,22)16-5-4-8-23-16/h4-9,20,22H,10H2,1-3H3,(H,19,21). The van der Waals surface area contributed by atoms with E-state index in [0.717, 1.165) is 22.2 Å². The first-order valence-corrected chi connectivity index (χ1v) is 7.52. The molecule has 0 radical (unpaired) electrons. The molecule has 0 saturated heterocycles. The lowest BCUT2D eigenvalue weighted by Crippen LogP contribution is -2.38. The van der Waals surface area contributed by atoms with Crippen LogP contribution < -0.4 is 5.32 Å². The Morgan fingerprint density at radius 1 is 1.35 bits per heavy atom. The highest BCUT2D eigenvalue weighted by Crippen LogP contribution is 2.23. The van der Waals surface area contributed by atoms with Crippen molar-refractivity contribution >= 4 is 16.8 Å². The van der Waals surface area contributed by atoms with Crippen LogP contribution in [0.3, 0.4) is 0 Å². The van der Waals surface area contributed by atoms with Crippen molar-refractivity contribution in [1.82, 2.24) is 10.3 Å². The van der Waals surface area contributed by atoms with Gasteiger partial charge in [-0.15, -0.1) is 0 Å². The summed E-state index contributed by atoms with van der Waals surface area (Å²) in [5, 5.41) is 14.2. The van der Waals surface area contributed by atoms with Crippen molar-refractivity contribution in [3.8, 4) is 0 Å². The number of rotatable bonds is 4. The van der Waals surface area contributed by atoms with Gasteiger partial charge in [0.1, 0.15) is 11.4 Å². The fraction of sp³-hybridized carbons (Fsp3) is 0.278. The lowest BCUT2D eigenvalue weighted by Gasteiger charge is -2.21. The van der Waals surface area contributed by atoms with Crippen molar-refractivity contribution in [1.29, 1.82) is 0 Å². The number of benzene rings is 1. The molecule has 2 heterocycles. The average molecular weight is 312 g/mol. The molecule has 23 heavy (non-hydrogen) atoms. The fourth-order valence-corrected chi connectivity index (χ4v) is 2.63. The predicted molar refractivity (Wildman–Crippen MR) is 88.4 cm³/mol. The minimum Gasteiger partial charge on any atom is -0.466 e. The van der Waals surface area contributed by atoms with E-state index in [1.807, 2.05) is 26.0 Å². The van der Waals surface area contributed by atoms with E-state index in [9.17, 15) is 9.90 Å². The first kappa shape index (κ1) is 15.4. The third-order valence-corrected chi connectivity index (χ3v) is 4.22. The molecular formula is C18H20N2O3. The first-order valence-electron chi connectivity index (χ1n) is 7.52. The van der Waals surface area contributed by atoms with E-state index in [0.29, 0.717) is 11.3 Å². The number of hydrogen-bond donors (Lipinski definition) is 3. The topological polar surface area (TPSA) is 78.3 Å². The number of amides is 1. The molecule has 3 aromatic rings. The molecule has 5 heteroatoms. The Morgan fingerprint density at radius 2 is 2.13 bits per heavy atom. The highest BCUT2D eigenvalue weighted by atomic mass is 16.4. The van der Waals surface area contributed by atoms with Crippen molar-refractivity contribution < 1.29 is 14.3 Å². The van der Waals surface area contributed by atoms with Crippen LogP contribution in [0.1, 0.15) is 34.3 Å². The number of aromatic nitrogens is 1. The quantitative estimate of drug-likeness (QED) is 0.693. The van der Waals surface area contributed by atoms with E-state index in [1.54, 1.807) is 25.1 Å². The molecule has 0 saturated carbocycles. The Hall–Kier alpha value is -2.53. The van der Waals surface area contributed by atoms with Gasteiger partial charge in [-0.1, -0.05) is 0 Å². The summed E-state index contributed by atoms with van der Waals surface area (Å²) in [6.07, 6.45) is 1.50. The van der Waals surface area contributed by atoms with Gasteiger partial charge in [0.2, 0.25) is 0 Å². The number of aryl methyl sites for hydroxylation is 2. The highest BCUT2D eigenvalue weighted by Gasteiger charge is 2.27. The molecule has 0 fully saturated rings. The number of carbonyl (C=O) groups is 1. The normalized spacial score (nSPS) is 13.9. The smallest absolute Gasteiger partial charge is 0.251 e. The van der Waals surface area contributed by atoms with Crippen molar-refractivity contribution in [2.24, 2.45) is 0 Å². The molecule has 1 atom stereocenters. The molecule has 0 aliphatic carbocycles. The number of carbonyl (C=O) groups excluding carboxylic acids is 1. The molecule has 0 aliphatic rings. The van der Waals surface area contributed by atoms with Crippen LogP contribution in [0.5, 0.6) is 0 Å². The number of H-pyrrole nitrogens is 1. The maximum absolute atomic E-state index is 12.4. The second-order valence-electron chi connectivity index (χ2n) is 6.07. The van der Waals surface area contributed by atoms with Gasteiger partial charge in [0.15, 0.2) is 0 Å². The minimum absolute atomic E-state index is 0.0720. The van der Waals surface area contributed by atoms with Gasteiger partial charge in [-0.3, -0.25) is 4.79 Å². The van der Waals surface area contributed by atoms with Gasteiger partial charge in [0.25, 0.3) is 5.91 Å². The highest BCUT2D eigenvalue weighted by molar-refractivity contribution is 5.99. The van der Waals surface area contributed by atoms with Crippen LogP contribution in [-0.4, -0.2) is 22.5 Å². The summed E-state index contributed by atoms with van der Waals surface area (Å²) in [6.45, 7) is 5.71. The number of aliphatic hydroxyl groups is 1. The molecular weight excluding hydrogens is 292 g/mol. The third-order valence-electron chi connectivity index (χ3n) is 4.22. The van der Waals surface area contributed by atoms with Gasteiger partial charge >= 0.3 is 0 Å². The summed E-state index contributed by atoms with van der Waals surface area (Å²) in [5.74, 6) is 0.197. The van der Waals surface area contributed by atoms with Crippen molar-refractivity contribution in [3.05, 3.63) is 59.2 Å². The second kappa shape index (κ2) is 5.59. The van der Waals surface area contributed by atoms with E-state index >= 15 is 0 Å². The molecule has 5 nitrogen and oxygen atoms in total. The Labute approximate surface area is 134 Å². The fourth-order valence-electron chi connectivity index (χ4n) is 2.63. The zero-order chi connectivity index (χ0) is 16.6. The van der Waals surface area contributed by atoms with Gasteiger partial charge in [0.05, 0.1) is 12.8 Å². The van der Waals surface area contributed by atoms with Crippen LogP contribution in [0, 0.1) is 13.8 Å². The number of furan rings is 1. The van der Waals surface area contributed by atoms with Crippen LogP contribution in [0.4, 0.5) is 0 Å². The van der Waals surface area contributed by atoms with Crippen LogP contribution in [0.2, 0.25) is 0 Å². The van der Waals surface area contributed by atoms with Crippen LogP contribution >= 0.6 is 0 Å². The summed E-state index contributed by atoms with van der Waals surface area (Å²) in [5.41, 5.74) is 2.56. The van der Waals surface area contributed by atoms with Gasteiger partial charge in [-0.25, -0.2) is 0 Å². The molecule has 1 aromatic carbocycles. The maximum atomic E-state index is 12.4.